The van der Waals surface area contributed by atoms with Gasteiger partial charge in [0.1, 0.15) is 0 Å². The molecule has 23 heavy (non-hydrogen) atoms. The van der Waals surface area contributed by atoms with Crippen molar-refractivity contribution in [2.24, 2.45) is 5.92 Å². The Morgan fingerprint density at radius 3 is 2.83 bits per heavy atom. The number of carbonyl (C=O) groups is 2. The monoisotopic (exact) mass is 318 g/mol. The van der Waals surface area contributed by atoms with Gasteiger partial charge in [0.15, 0.2) is 0 Å². The highest BCUT2D eigenvalue weighted by Crippen LogP contribution is 2.15. The Kier molecular flexibility index (Phi) is 6.16. The fourth-order valence-electron chi connectivity index (χ4n) is 2.67. The molecule has 0 aliphatic carbocycles. The topological polar surface area (TPSA) is 69.6 Å². The van der Waals surface area contributed by atoms with Gasteiger partial charge >= 0.3 is 0 Å². The molecule has 1 aliphatic rings. The van der Waals surface area contributed by atoms with Gasteiger partial charge in [-0.25, -0.2) is 0 Å². The lowest BCUT2D eigenvalue weighted by Gasteiger charge is -2.16. The van der Waals surface area contributed by atoms with Crippen LogP contribution < -0.4 is 5.32 Å². The van der Waals surface area contributed by atoms with E-state index in [1.54, 1.807) is 6.07 Å². The maximum absolute atomic E-state index is 12.2. The second-order valence-electron chi connectivity index (χ2n) is 6.48. The van der Waals surface area contributed by atoms with Crippen molar-refractivity contribution in [3.05, 3.63) is 35.4 Å². The Morgan fingerprint density at radius 1 is 1.39 bits per heavy atom. The molecule has 1 heterocycles. The average molecular weight is 318 g/mol. The van der Waals surface area contributed by atoms with Gasteiger partial charge in [-0.15, -0.1) is 0 Å². The summed E-state index contributed by atoms with van der Waals surface area (Å²) in [6, 6.07) is 7.38. The van der Waals surface area contributed by atoms with Crippen molar-refractivity contribution in [1.29, 1.82) is 0 Å². The molecule has 0 radical (unpaired) electrons. The van der Waals surface area contributed by atoms with Crippen molar-refractivity contribution in [2.75, 3.05) is 13.1 Å². The van der Waals surface area contributed by atoms with E-state index in [1.807, 2.05) is 36.9 Å². The highest BCUT2D eigenvalue weighted by molar-refractivity contribution is 5.94. The molecular formula is C18H26N2O3. The van der Waals surface area contributed by atoms with Crippen molar-refractivity contribution < 1.29 is 14.7 Å². The van der Waals surface area contributed by atoms with Gasteiger partial charge < -0.3 is 15.3 Å². The minimum atomic E-state index is -0.400. The van der Waals surface area contributed by atoms with E-state index in [-0.39, 0.29) is 17.7 Å². The third kappa shape index (κ3) is 5.06. The average Bonchev–Trinajstić information content (AvgIpc) is 2.92. The second-order valence-corrected chi connectivity index (χ2v) is 6.48. The molecule has 1 unspecified atom stereocenters. The first-order valence-electron chi connectivity index (χ1n) is 8.30. The number of aliphatic hydroxyl groups excluding tert-OH is 1. The van der Waals surface area contributed by atoms with E-state index in [2.05, 4.69) is 5.32 Å². The molecule has 5 nitrogen and oxygen atoms in total. The predicted octanol–water partition coefficient (Wildman–Crippen LogP) is 1.95. The van der Waals surface area contributed by atoms with Crippen LogP contribution in [0, 0.1) is 5.92 Å². The highest BCUT2D eigenvalue weighted by Gasteiger charge is 2.20. The SMILES string of the molecule is CC(C)C(O)CCNC(=O)c1cccc(CN2CCCC2=O)c1. The summed E-state index contributed by atoms with van der Waals surface area (Å²) in [5.74, 6) is 0.228. The summed E-state index contributed by atoms with van der Waals surface area (Å²) in [7, 11) is 0. The van der Waals surface area contributed by atoms with Gasteiger partial charge in [0, 0.05) is 31.6 Å². The fourth-order valence-corrected chi connectivity index (χ4v) is 2.67. The number of rotatable bonds is 7. The summed E-state index contributed by atoms with van der Waals surface area (Å²) in [5.41, 5.74) is 1.56. The molecule has 0 bridgehead atoms. The van der Waals surface area contributed by atoms with Crippen LogP contribution in [0.5, 0.6) is 0 Å². The first-order chi connectivity index (χ1) is 11.0. The van der Waals surface area contributed by atoms with E-state index in [1.165, 1.54) is 0 Å². The van der Waals surface area contributed by atoms with Gasteiger partial charge in [-0.1, -0.05) is 26.0 Å². The first-order valence-corrected chi connectivity index (χ1v) is 8.30. The number of likely N-dealkylation sites (tertiary alicyclic amines) is 1. The van der Waals surface area contributed by atoms with Crippen LogP contribution in [-0.4, -0.2) is 41.0 Å². The van der Waals surface area contributed by atoms with E-state index in [0.29, 0.717) is 31.5 Å². The summed E-state index contributed by atoms with van der Waals surface area (Å²) in [6.45, 7) is 5.71. The van der Waals surface area contributed by atoms with Crippen LogP contribution in [0.1, 0.15) is 49.0 Å². The van der Waals surface area contributed by atoms with Crippen LogP contribution in [0.4, 0.5) is 0 Å². The third-order valence-corrected chi connectivity index (χ3v) is 4.23. The van der Waals surface area contributed by atoms with Crippen molar-refractivity contribution in [3.63, 3.8) is 0 Å². The van der Waals surface area contributed by atoms with E-state index in [0.717, 1.165) is 18.5 Å². The maximum Gasteiger partial charge on any atom is 0.251 e. The predicted molar refractivity (Wildman–Crippen MR) is 88.9 cm³/mol. The van der Waals surface area contributed by atoms with Crippen LogP contribution in [0.15, 0.2) is 24.3 Å². The molecule has 0 spiro atoms. The smallest absolute Gasteiger partial charge is 0.251 e. The molecule has 1 fully saturated rings. The lowest BCUT2D eigenvalue weighted by molar-refractivity contribution is -0.128. The van der Waals surface area contributed by atoms with Crippen LogP contribution in [0.2, 0.25) is 0 Å². The fraction of sp³-hybridized carbons (Fsp3) is 0.556. The molecule has 1 aromatic carbocycles. The normalized spacial score (nSPS) is 16.0. The minimum absolute atomic E-state index is 0.143. The number of nitrogens with zero attached hydrogens (tertiary/aromatic N) is 1. The molecule has 1 aliphatic heterocycles. The lowest BCUT2D eigenvalue weighted by atomic mass is 10.0. The van der Waals surface area contributed by atoms with Crippen molar-refractivity contribution in [2.45, 2.75) is 45.8 Å². The molecule has 1 atom stereocenters. The van der Waals surface area contributed by atoms with Crippen molar-refractivity contribution in [1.82, 2.24) is 10.2 Å². The summed E-state index contributed by atoms with van der Waals surface area (Å²) >= 11 is 0. The quantitative estimate of drug-likeness (QED) is 0.807. The number of carbonyl (C=O) groups excluding carboxylic acids is 2. The summed E-state index contributed by atoms with van der Waals surface area (Å²) < 4.78 is 0. The second kappa shape index (κ2) is 8.11. The number of hydrogen-bond donors (Lipinski definition) is 2. The maximum atomic E-state index is 12.2. The first kappa shape index (κ1) is 17.5. The van der Waals surface area contributed by atoms with E-state index < -0.39 is 6.10 Å². The number of aliphatic hydroxyl groups is 1. The van der Waals surface area contributed by atoms with Gasteiger partial charge in [0.25, 0.3) is 5.91 Å². The Labute approximate surface area is 137 Å². The zero-order chi connectivity index (χ0) is 16.8. The highest BCUT2D eigenvalue weighted by atomic mass is 16.3. The van der Waals surface area contributed by atoms with E-state index in [4.69, 9.17) is 0 Å². The van der Waals surface area contributed by atoms with Crippen LogP contribution in [0.25, 0.3) is 0 Å². The van der Waals surface area contributed by atoms with E-state index >= 15 is 0 Å². The van der Waals surface area contributed by atoms with Crippen molar-refractivity contribution in [3.8, 4) is 0 Å². The molecule has 0 saturated carbocycles. The molecule has 2 rings (SSSR count). The molecule has 0 aromatic heterocycles. The number of benzene rings is 1. The van der Waals surface area contributed by atoms with Gasteiger partial charge in [0.05, 0.1) is 6.10 Å². The summed E-state index contributed by atoms with van der Waals surface area (Å²) in [5, 5.41) is 12.6. The van der Waals surface area contributed by atoms with Crippen LogP contribution in [-0.2, 0) is 11.3 Å². The Balaban J connectivity index is 1.88. The molecular weight excluding hydrogens is 292 g/mol. The van der Waals surface area contributed by atoms with Gasteiger partial charge in [0.2, 0.25) is 5.91 Å². The molecule has 2 N–H and O–H groups in total. The molecule has 1 aromatic rings. The Morgan fingerprint density at radius 2 is 2.17 bits per heavy atom. The van der Waals surface area contributed by atoms with Crippen molar-refractivity contribution >= 4 is 11.8 Å². The van der Waals surface area contributed by atoms with Gasteiger partial charge in [-0.2, -0.15) is 0 Å². The largest absolute Gasteiger partial charge is 0.393 e. The summed E-state index contributed by atoms with van der Waals surface area (Å²) in [4.78, 5) is 25.7. The Bertz CT molecular complexity index is 557. The molecule has 2 amide bonds. The summed E-state index contributed by atoms with van der Waals surface area (Å²) in [6.07, 6.45) is 1.68. The molecule has 5 heteroatoms. The third-order valence-electron chi connectivity index (χ3n) is 4.23. The van der Waals surface area contributed by atoms with Crippen LogP contribution in [0.3, 0.4) is 0 Å². The van der Waals surface area contributed by atoms with Gasteiger partial charge in [-0.05, 0) is 36.5 Å². The van der Waals surface area contributed by atoms with Crippen LogP contribution >= 0.6 is 0 Å². The van der Waals surface area contributed by atoms with Gasteiger partial charge in [-0.3, -0.25) is 9.59 Å². The minimum Gasteiger partial charge on any atom is -0.393 e. The molecule has 1 saturated heterocycles. The zero-order valence-electron chi connectivity index (χ0n) is 13.9. The van der Waals surface area contributed by atoms with E-state index in [9.17, 15) is 14.7 Å². The zero-order valence-corrected chi connectivity index (χ0v) is 13.9. The standard InChI is InChI=1S/C18H26N2O3/c1-13(2)16(21)8-9-19-18(23)15-6-3-5-14(11-15)12-20-10-4-7-17(20)22/h3,5-6,11,13,16,21H,4,7-10,12H2,1-2H3,(H,19,23). The number of nitrogens with one attached hydrogen (secondary N) is 1. The lowest BCUT2D eigenvalue weighted by Crippen LogP contribution is -2.29. The Hall–Kier alpha value is -1.88. The number of hydrogen-bond acceptors (Lipinski definition) is 3. The number of amides is 2. The molecule has 126 valence electrons.